The minimum absolute atomic E-state index is 0.0407. The smallest absolute Gasteiger partial charge is 0.266 e. The lowest BCUT2D eigenvalue weighted by Gasteiger charge is -2.22. The Labute approximate surface area is 204 Å². The van der Waals surface area contributed by atoms with Gasteiger partial charge in [-0.2, -0.15) is 0 Å². The number of aromatic nitrogens is 2. The predicted octanol–water partition coefficient (Wildman–Crippen LogP) is 6.72. The zero-order chi connectivity index (χ0) is 23.5. The Balaban J connectivity index is 1.42. The fraction of sp³-hybridized carbons (Fsp3) is 0.276. The Hall–Kier alpha value is -3.18. The molecule has 172 valence electrons. The number of hydrogen-bond acceptors (Lipinski definition) is 4. The predicted molar refractivity (Wildman–Crippen MR) is 139 cm³/mol. The first-order valence-corrected chi connectivity index (χ1v) is 12.9. The lowest BCUT2D eigenvalue weighted by atomic mass is 9.84. The fourth-order valence-electron chi connectivity index (χ4n) is 4.83. The molecule has 0 unspecified atom stereocenters. The maximum absolute atomic E-state index is 13.4. The van der Waals surface area contributed by atoms with Gasteiger partial charge in [-0.05, 0) is 55.0 Å². The van der Waals surface area contributed by atoms with Gasteiger partial charge in [0.25, 0.3) is 5.56 Å². The van der Waals surface area contributed by atoms with Gasteiger partial charge in [0, 0.05) is 5.56 Å². The van der Waals surface area contributed by atoms with Gasteiger partial charge >= 0.3 is 0 Å². The molecular formula is C29H28N2O2S. The van der Waals surface area contributed by atoms with Crippen molar-refractivity contribution >= 4 is 28.4 Å². The molecule has 1 heterocycles. The molecule has 1 aromatic heterocycles. The van der Waals surface area contributed by atoms with Crippen molar-refractivity contribution in [3.8, 4) is 5.69 Å². The molecule has 0 amide bonds. The Morgan fingerprint density at radius 2 is 1.65 bits per heavy atom. The van der Waals surface area contributed by atoms with Gasteiger partial charge in [-0.1, -0.05) is 85.6 Å². The number of hydrogen-bond donors (Lipinski definition) is 0. The second-order valence-electron chi connectivity index (χ2n) is 9.01. The molecule has 0 atom stereocenters. The highest BCUT2D eigenvalue weighted by atomic mass is 32.2. The molecule has 1 aliphatic carbocycles. The molecule has 1 saturated carbocycles. The molecule has 0 spiro atoms. The number of benzene rings is 3. The minimum Gasteiger partial charge on any atom is -0.293 e. The quantitative estimate of drug-likeness (QED) is 0.179. The van der Waals surface area contributed by atoms with Crippen LogP contribution < -0.4 is 5.56 Å². The lowest BCUT2D eigenvalue weighted by molar-refractivity contribution is 0.102. The number of ketones is 1. The van der Waals surface area contributed by atoms with Gasteiger partial charge < -0.3 is 0 Å². The summed E-state index contributed by atoms with van der Waals surface area (Å²) < 4.78 is 1.64. The number of rotatable bonds is 6. The first-order valence-electron chi connectivity index (χ1n) is 12.0. The molecule has 0 aliphatic heterocycles. The van der Waals surface area contributed by atoms with Crippen molar-refractivity contribution < 1.29 is 4.79 Å². The van der Waals surface area contributed by atoms with Gasteiger partial charge in [0.15, 0.2) is 10.9 Å². The molecule has 1 aliphatic rings. The van der Waals surface area contributed by atoms with Gasteiger partial charge in [-0.25, -0.2) is 4.98 Å². The van der Waals surface area contributed by atoms with Crippen molar-refractivity contribution in [3.63, 3.8) is 0 Å². The van der Waals surface area contributed by atoms with Crippen LogP contribution in [0.3, 0.4) is 0 Å². The molecule has 34 heavy (non-hydrogen) atoms. The van der Waals surface area contributed by atoms with E-state index in [1.807, 2.05) is 61.5 Å². The van der Waals surface area contributed by atoms with E-state index >= 15 is 0 Å². The molecule has 0 saturated heterocycles. The highest BCUT2D eigenvalue weighted by molar-refractivity contribution is 7.99. The summed E-state index contributed by atoms with van der Waals surface area (Å²) >= 11 is 1.32. The van der Waals surface area contributed by atoms with Crippen LogP contribution in [0.15, 0.2) is 82.7 Å². The fourth-order valence-corrected chi connectivity index (χ4v) is 5.73. The summed E-state index contributed by atoms with van der Waals surface area (Å²) in [6.07, 6.45) is 6.41. The van der Waals surface area contributed by atoms with Crippen LogP contribution in [-0.4, -0.2) is 21.1 Å². The SMILES string of the molecule is Cc1ccccc1-n1c(SCC(=O)c2ccc(C3CCCCC3)cc2)nc2ccccc2c1=O. The average molecular weight is 469 g/mol. The van der Waals surface area contributed by atoms with Gasteiger partial charge in [0.2, 0.25) is 0 Å². The van der Waals surface area contributed by atoms with E-state index in [1.165, 1.54) is 49.4 Å². The molecule has 0 bridgehead atoms. The second kappa shape index (κ2) is 9.98. The van der Waals surface area contributed by atoms with Gasteiger partial charge in [0.1, 0.15) is 0 Å². The Morgan fingerprint density at radius 1 is 0.941 bits per heavy atom. The van der Waals surface area contributed by atoms with Crippen LogP contribution in [0.2, 0.25) is 0 Å². The van der Waals surface area contributed by atoms with Crippen LogP contribution in [0.4, 0.5) is 0 Å². The van der Waals surface area contributed by atoms with E-state index in [0.717, 1.165) is 11.3 Å². The summed E-state index contributed by atoms with van der Waals surface area (Å²) in [6, 6.07) is 23.3. The van der Waals surface area contributed by atoms with Gasteiger partial charge in [-0.3, -0.25) is 14.2 Å². The summed E-state index contributed by atoms with van der Waals surface area (Å²) in [5.41, 5.74) is 4.34. The molecule has 0 radical (unpaired) electrons. The van der Waals surface area contributed by atoms with E-state index in [9.17, 15) is 9.59 Å². The van der Waals surface area contributed by atoms with E-state index in [0.29, 0.717) is 27.5 Å². The number of carbonyl (C=O) groups excluding carboxylic acids is 1. The van der Waals surface area contributed by atoms with Crippen LogP contribution in [-0.2, 0) is 0 Å². The van der Waals surface area contributed by atoms with Crippen molar-refractivity contribution in [1.29, 1.82) is 0 Å². The molecule has 5 rings (SSSR count). The Morgan fingerprint density at radius 3 is 2.41 bits per heavy atom. The van der Waals surface area contributed by atoms with E-state index in [2.05, 4.69) is 12.1 Å². The maximum Gasteiger partial charge on any atom is 0.266 e. The minimum atomic E-state index is -0.119. The molecular weight excluding hydrogens is 440 g/mol. The topological polar surface area (TPSA) is 52.0 Å². The summed E-state index contributed by atoms with van der Waals surface area (Å²) in [5.74, 6) is 0.885. The van der Waals surface area contributed by atoms with Crippen molar-refractivity contribution in [2.45, 2.75) is 50.1 Å². The van der Waals surface area contributed by atoms with Crippen LogP contribution in [0.1, 0.15) is 59.5 Å². The first kappa shape index (κ1) is 22.6. The number of nitrogens with zero attached hydrogens (tertiary/aromatic N) is 2. The standard InChI is InChI=1S/C29H28N2O2S/c1-20-9-5-8-14-26(20)31-28(33)24-12-6-7-13-25(24)30-29(31)34-19-27(32)23-17-15-22(16-18-23)21-10-3-2-4-11-21/h5-9,12-18,21H,2-4,10-11,19H2,1H3. The van der Waals surface area contributed by atoms with Crippen molar-refractivity contribution in [2.75, 3.05) is 5.75 Å². The zero-order valence-corrected chi connectivity index (χ0v) is 20.2. The van der Waals surface area contributed by atoms with Crippen LogP contribution in [0.5, 0.6) is 0 Å². The normalized spacial score (nSPS) is 14.4. The van der Waals surface area contributed by atoms with Crippen LogP contribution in [0, 0.1) is 6.92 Å². The summed E-state index contributed by atoms with van der Waals surface area (Å²) in [6.45, 7) is 1.98. The third-order valence-electron chi connectivity index (χ3n) is 6.74. The molecule has 5 heteroatoms. The maximum atomic E-state index is 13.4. The van der Waals surface area contributed by atoms with Gasteiger partial charge in [-0.15, -0.1) is 0 Å². The number of para-hydroxylation sites is 2. The van der Waals surface area contributed by atoms with Crippen molar-refractivity contribution in [1.82, 2.24) is 9.55 Å². The summed E-state index contributed by atoms with van der Waals surface area (Å²) in [5, 5.41) is 1.10. The third-order valence-corrected chi connectivity index (χ3v) is 7.68. The number of carbonyl (C=O) groups is 1. The largest absolute Gasteiger partial charge is 0.293 e. The molecule has 1 fully saturated rings. The molecule has 4 nitrogen and oxygen atoms in total. The summed E-state index contributed by atoms with van der Waals surface area (Å²) in [4.78, 5) is 31.2. The zero-order valence-electron chi connectivity index (χ0n) is 19.4. The molecule has 3 aromatic carbocycles. The summed E-state index contributed by atoms with van der Waals surface area (Å²) in [7, 11) is 0. The monoisotopic (exact) mass is 468 g/mol. The highest BCUT2D eigenvalue weighted by Gasteiger charge is 2.18. The highest BCUT2D eigenvalue weighted by Crippen LogP contribution is 2.32. The van der Waals surface area contributed by atoms with Gasteiger partial charge in [0.05, 0.1) is 22.3 Å². The van der Waals surface area contributed by atoms with E-state index in [-0.39, 0.29) is 17.1 Å². The Bertz CT molecular complexity index is 1390. The second-order valence-corrected chi connectivity index (χ2v) is 9.95. The van der Waals surface area contributed by atoms with E-state index < -0.39 is 0 Å². The Kier molecular flexibility index (Phi) is 6.63. The van der Waals surface area contributed by atoms with E-state index in [1.54, 1.807) is 10.6 Å². The molecule has 4 aromatic rings. The van der Waals surface area contributed by atoms with E-state index in [4.69, 9.17) is 4.98 Å². The number of Topliss-reactive ketones (excluding diaryl/α,β-unsaturated/α-hetero) is 1. The van der Waals surface area contributed by atoms with Crippen LogP contribution >= 0.6 is 11.8 Å². The number of aryl methyl sites for hydroxylation is 1. The lowest BCUT2D eigenvalue weighted by Crippen LogP contribution is -2.23. The molecule has 0 N–H and O–H groups in total. The number of fused-ring (bicyclic) bond motifs is 1. The number of thioether (sulfide) groups is 1. The third kappa shape index (κ3) is 4.58. The average Bonchev–Trinajstić information content (AvgIpc) is 2.89. The van der Waals surface area contributed by atoms with Crippen molar-refractivity contribution in [3.05, 3.63) is 99.8 Å². The first-order chi connectivity index (χ1) is 16.6. The van der Waals surface area contributed by atoms with Crippen molar-refractivity contribution in [2.24, 2.45) is 0 Å². The van der Waals surface area contributed by atoms with Crippen LogP contribution in [0.25, 0.3) is 16.6 Å².